The third-order valence-corrected chi connectivity index (χ3v) is 3.77. The van der Waals surface area contributed by atoms with Crippen molar-refractivity contribution in [3.63, 3.8) is 0 Å². The first-order valence-electron chi connectivity index (χ1n) is 6.86. The molecule has 2 unspecified atom stereocenters. The summed E-state index contributed by atoms with van der Waals surface area (Å²) in [6, 6.07) is -0.172. The maximum absolute atomic E-state index is 11.4. The van der Waals surface area contributed by atoms with Crippen LogP contribution >= 0.6 is 0 Å². The van der Waals surface area contributed by atoms with Gasteiger partial charge in [0.2, 0.25) is 0 Å². The molecule has 2 atom stereocenters. The maximum Gasteiger partial charge on any atom is 0.321 e. The maximum atomic E-state index is 11.4. The molecule has 0 radical (unpaired) electrons. The molecule has 0 aliphatic carbocycles. The van der Waals surface area contributed by atoms with Crippen molar-refractivity contribution in [3.8, 4) is 0 Å². The van der Waals surface area contributed by atoms with Crippen LogP contribution in [0.2, 0.25) is 0 Å². The van der Waals surface area contributed by atoms with Crippen LogP contribution in [-0.2, 0) is 11.3 Å². The highest BCUT2D eigenvalue weighted by atomic mass is 16.4. The predicted molar refractivity (Wildman–Crippen MR) is 70.6 cm³/mol. The Kier molecular flexibility index (Phi) is 4.19. The van der Waals surface area contributed by atoms with Gasteiger partial charge >= 0.3 is 5.97 Å². The van der Waals surface area contributed by atoms with E-state index in [1.807, 2.05) is 30.4 Å². The molecular formula is C13H22N4O2. The second kappa shape index (κ2) is 5.69. The molecule has 1 aromatic heterocycles. The van der Waals surface area contributed by atoms with Crippen molar-refractivity contribution in [2.45, 2.75) is 52.2 Å². The quantitative estimate of drug-likeness (QED) is 0.895. The van der Waals surface area contributed by atoms with E-state index in [1.165, 1.54) is 0 Å². The Morgan fingerprint density at radius 2 is 2.32 bits per heavy atom. The summed E-state index contributed by atoms with van der Waals surface area (Å²) in [4.78, 5) is 17.7. The smallest absolute Gasteiger partial charge is 0.321 e. The van der Waals surface area contributed by atoms with Gasteiger partial charge in [-0.2, -0.15) is 5.10 Å². The van der Waals surface area contributed by atoms with Crippen LogP contribution in [0.25, 0.3) is 0 Å². The largest absolute Gasteiger partial charge is 0.480 e. The van der Waals surface area contributed by atoms with Crippen molar-refractivity contribution < 1.29 is 9.90 Å². The third kappa shape index (κ3) is 2.94. The van der Waals surface area contributed by atoms with E-state index in [-0.39, 0.29) is 12.0 Å². The average Bonchev–Trinajstić information content (AvgIpc) is 2.76. The van der Waals surface area contributed by atoms with Crippen LogP contribution in [0.15, 0.2) is 6.33 Å². The van der Waals surface area contributed by atoms with E-state index in [0.717, 1.165) is 25.2 Å². The van der Waals surface area contributed by atoms with Gasteiger partial charge in [-0.15, -0.1) is 0 Å². The lowest BCUT2D eigenvalue weighted by atomic mass is 9.91. The van der Waals surface area contributed by atoms with Gasteiger partial charge in [-0.05, 0) is 39.2 Å². The number of carbonyl (C=O) groups is 1. The Morgan fingerprint density at radius 3 is 2.95 bits per heavy atom. The summed E-state index contributed by atoms with van der Waals surface area (Å²) < 4.78 is 1.86. The lowest BCUT2D eigenvalue weighted by Gasteiger charge is -2.37. The molecule has 0 amide bonds. The summed E-state index contributed by atoms with van der Waals surface area (Å²) in [5, 5.41) is 13.6. The van der Waals surface area contributed by atoms with Crippen molar-refractivity contribution in [3.05, 3.63) is 12.2 Å². The fourth-order valence-electron chi connectivity index (χ4n) is 2.85. The lowest BCUT2D eigenvalue weighted by Crippen LogP contribution is -2.49. The Bertz CT molecular complexity index is 444. The van der Waals surface area contributed by atoms with Gasteiger partial charge in [0.15, 0.2) is 0 Å². The second-order valence-corrected chi connectivity index (χ2v) is 5.59. The molecule has 6 nitrogen and oxygen atoms in total. The van der Waals surface area contributed by atoms with E-state index in [2.05, 4.69) is 10.1 Å². The minimum absolute atomic E-state index is 0.182. The van der Waals surface area contributed by atoms with Crippen LogP contribution in [0.1, 0.15) is 45.5 Å². The van der Waals surface area contributed by atoms with Crippen molar-refractivity contribution in [2.24, 2.45) is 5.92 Å². The lowest BCUT2D eigenvalue weighted by molar-refractivity contribution is -0.147. The van der Waals surface area contributed by atoms with Crippen molar-refractivity contribution in [2.75, 3.05) is 6.54 Å². The number of rotatable bonds is 4. The Morgan fingerprint density at radius 1 is 1.58 bits per heavy atom. The summed E-state index contributed by atoms with van der Waals surface area (Å²) in [6.45, 7) is 7.47. The van der Waals surface area contributed by atoms with Crippen LogP contribution in [0.4, 0.5) is 0 Å². The first-order valence-corrected chi connectivity index (χ1v) is 6.86. The van der Waals surface area contributed by atoms with Crippen LogP contribution in [0.5, 0.6) is 0 Å². The normalized spacial score (nSPS) is 24.8. The van der Waals surface area contributed by atoms with E-state index < -0.39 is 12.0 Å². The van der Waals surface area contributed by atoms with E-state index >= 15 is 0 Å². The van der Waals surface area contributed by atoms with E-state index in [9.17, 15) is 9.90 Å². The minimum atomic E-state index is -0.734. The fourth-order valence-corrected chi connectivity index (χ4v) is 2.85. The molecule has 6 heteroatoms. The molecule has 1 N–H and O–H groups in total. The highest BCUT2D eigenvalue weighted by molar-refractivity contribution is 5.74. The van der Waals surface area contributed by atoms with Gasteiger partial charge < -0.3 is 5.11 Å². The van der Waals surface area contributed by atoms with Gasteiger partial charge in [-0.25, -0.2) is 9.67 Å². The number of carboxylic acid groups (broad SMARTS) is 1. The Balaban J connectivity index is 2.16. The number of nitrogens with zero attached hydrogens (tertiary/aromatic N) is 4. The van der Waals surface area contributed by atoms with Crippen molar-refractivity contribution in [1.29, 1.82) is 0 Å². The highest BCUT2D eigenvalue weighted by Gasteiger charge is 2.34. The summed E-state index contributed by atoms with van der Waals surface area (Å²) in [5.41, 5.74) is 0. The zero-order valence-electron chi connectivity index (χ0n) is 11.8. The molecule has 2 rings (SSSR count). The van der Waals surface area contributed by atoms with Crippen molar-refractivity contribution >= 4 is 5.97 Å². The molecule has 106 valence electrons. The van der Waals surface area contributed by atoms with Gasteiger partial charge in [-0.1, -0.05) is 6.92 Å². The number of hydrogen-bond donors (Lipinski definition) is 1. The SMILES string of the molecule is CC1CCCN(Cc2ncnn2C(C)C)C1C(=O)O. The zero-order chi connectivity index (χ0) is 14.0. The van der Waals surface area contributed by atoms with Gasteiger partial charge in [0.25, 0.3) is 0 Å². The summed E-state index contributed by atoms with van der Waals surface area (Å²) in [7, 11) is 0. The first-order chi connectivity index (χ1) is 9.00. The topological polar surface area (TPSA) is 71.2 Å². The van der Waals surface area contributed by atoms with E-state index in [4.69, 9.17) is 0 Å². The van der Waals surface area contributed by atoms with Gasteiger partial charge in [0.1, 0.15) is 18.2 Å². The molecule has 1 fully saturated rings. The summed E-state index contributed by atoms with van der Waals surface area (Å²) >= 11 is 0. The molecule has 2 heterocycles. The molecule has 0 spiro atoms. The van der Waals surface area contributed by atoms with Crippen LogP contribution < -0.4 is 0 Å². The molecule has 1 saturated heterocycles. The number of aliphatic carboxylic acids is 1. The van der Waals surface area contributed by atoms with Crippen LogP contribution in [0.3, 0.4) is 0 Å². The number of carboxylic acids is 1. The monoisotopic (exact) mass is 266 g/mol. The van der Waals surface area contributed by atoms with Gasteiger partial charge in [-0.3, -0.25) is 9.69 Å². The fraction of sp³-hybridized carbons (Fsp3) is 0.769. The molecule has 0 saturated carbocycles. The van der Waals surface area contributed by atoms with E-state index in [1.54, 1.807) is 6.33 Å². The summed E-state index contributed by atoms with van der Waals surface area (Å²) in [6.07, 6.45) is 3.56. The Labute approximate surface area is 113 Å². The molecular weight excluding hydrogens is 244 g/mol. The third-order valence-electron chi connectivity index (χ3n) is 3.77. The number of hydrogen-bond acceptors (Lipinski definition) is 4. The molecule has 1 aliphatic heterocycles. The first kappa shape index (κ1) is 14.0. The van der Waals surface area contributed by atoms with Crippen LogP contribution in [-0.4, -0.2) is 43.3 Å². The minimum Gasteiger partial charge on any atom is -0.480 e. The summed E-state index contributed by atoms with van der Waals surface area (Å²) in [5.74, 6) is 0.292. The second-order valence-electron chi connectivity index (χ2n) is 5.59. The van der Waals surface area contributed by atoms with Crippen molar-refractivity contribution in [1.82, 2.24) is 19.7 Å². The molecule has 1 aliphatic rings. The predicted octanol–water partition coefficient (Wildman–Crippen LogP) is 1.54. The zero-order valence-corrected chi connectivity index (χ0v) is 11.8. The average molecular weight is 266 g/mol. The molecule has 0 bridgehead atoms. The Hall–Kier alpha value is -1.43. The number of likely N-dealkylation sites (tertiary alicyclic amines) is 1. The molecule has 19 heavy (non-hydrogen) atoms. The van der Waals surface area contributed by atoms with Gasteiger partial charge in [0.05, 0.1) is 6.54 Å². The van der Waals surface area contributed by atoms with Gasteiger partial charge in [0, 0.05) is 6.04 Å². The standard InChI is InChI=1S/C13H22N4O2/c1-9(2)17-11(14-8-15-17)7-16-6-4-5-10(3)12(16)13(18)19/h8-10,12H,4-7H2,1-3H3,(H,18,19). The molecule has 0 aromatic carbocycles. The van der Waals surface area contributed by atoms with Crippen LogP contribution in [0, 0.1) is 5.92 Å². The number of aromatic nitrogens is 3. The highest BCUT2D eigenvalue weighted by Crippen LogP contribution is 2.25. The number of piperidine rings is 1. The van der Waals surface area contributed by atoms with E-state index in [0.29, 0.717) is 6.54 Å². The molecule has 1 aromatic rings.